The number of nitrogens with one attached hydrogen (secondary N) is 1. The Morgan fingerprint density at radius 2 is 2.05 bits per heavy atom. The summed E-state index contributed by atoms with van der Waals surface area (Å²) in [4.78, 5) is 47.2. The number of amides is 4. The maximum atomic E-state index is 11.9. The monoisotopic (exact) mass is 271 g/mol. The number of hydrogen-bond acceptors (Lipinski definition) is 5. The highest BCUT2D eigenvalue weighted by Crippen LogP contribution is 2.18. The molecule has 0 unspecified atom stereocenters. The lowest BCUT2D eigenvalue weighted by Gasteiger charge is -2.23. The van der Waals surface area contributed by atoms with Crippen LogP contribution in [0.25, 0.3) is 0 Å². The quantitative estimate of drug-likeness (QED) is 0.490. The maximum Gasteiger partial charge on any atom is 0.326 e. The third kappa shape index (κ3) is 2.50. The minimum absolute atomic E-state index is 0.0543. The predicted molar refractivity (Wildman–Crippen MR) is 58.9 cm³/mol. The molecule has 0 spiro atoms. The van der Waals surface area contributed by atoms with Gasteiger partial charge < -0.3 is 20.4 Å². The summed E-state index contributed by atoms with van der Waals surface area (Å²) >= 11 is 0. The zero-order chi connectivity index (χ0) is 14.2. The molecule has 19 heavy (non-hydrogen) atoms. The zero-order valence-corrected chi connectivity index (χ0v) is 9.90. The second-order valence-electron chi connectivity index (χ2n) is 4.43. The van der Waals surface area contributed by atoms with Crippen molar-refractivity contribution in [2.24, 2.45) is 0 Å². The van der Waals surface area contributed by atoms with Crippen molar-refractivity contribution < 1.29 is 29.4 Å². The molecule has 0 aliphatic carbocycles. The van der Waals surface area contributed by atoms with Gasteiger partial charge in [-0.25, -0.2) is 9.59 Å². The Kier molecular flexibility index (Phi) is 3.38. The molecule has 9 nitrogen and oxygen atoms in total. The minimum Gasteiger partial charge on any atom is -0.480 e. The van der Waals surface area contributed by atoms with Gasteiger partial charge in [0.05, 0.1) is 12.6 Å². The van der Waals surface area contributed by atoms with Crippen LogP contribution >= 0.6 is 0 Å². The van der Waals surface area contributed by atoms with Crippen molar-refractivity contribution in [1.82, 2.24) is 15.1 Å². The Morgan fingerprint density at radius 1 is 1.37 bits per heavy atom. The van der Waals surface area contributed by atoms with Gasteiger partial charge >= 0.3 is 12.0 Å². The third-order valence-corrected chi connectivity index (χ3v) is 3.11. The molecule has 2 saturated heterocycles. The van der Waals surface area contributed by atoms with Gasteiger partial charge in [-0.15, -0.1) is 0 Å². The highest BCUT2D eigenvalue weighted by Gasteiger charge is 2.40. The number of rotatable bonds is 3. The van der Waals surface area contributed by atoms with Crippen LogP contribution in [0.1, 0.15) is 6.42 Å². The van der Waals surface area contributed by atoms with E-state index in [0.717, 1.165) is 9.80 Å². The first kappa shape index (κ1) is 13.3. The molecule has 3 N–H and O–H groups in total. The van der Waals surface area contributed by atoms with Gasteiger partial charge in [-0.05, 0) is 0 Å². The summed E-state index contributed by atoms with van der Waals surface area (Å²) in [6.07, 6.45) is -0.963. The van der Waals surface area contributed by atoms with E-state index in [1.807, 2.05) is 0 Å². The molecular formula is C10H13N3O6. The zero-order valence-electron chi connectivity index (χ0n) is 9.90. The van der Waals surface area contributed by atoms with Crippen LogP contribution in [0.5, 0.6) is 0 Å². The van der Waals surface area contributed by atoms with Crippen LogP contribution in [-0.4, -0.2) is 75.6 Å². The average Bonchev–Trinajstić information content (AvgIpc) is 2.87. The standard InChI is InChI=1S/C10H13N3O6/c14-5-1-6(9(17)18)12(3-5)8(16)4-13-7(15)2-11-10(13)19/h5-6,14H,1-4H2,(H,11,19)(H,17,18)/t5-,6-/m0/s1. The maximum absolute atomic E-state index is 11.9. The van der Waals surface area contributed by atoms with E-state index in [1.165, 1.54) is 0 Å². The first-order valence-corrected chi connectivity index (χ1v) is 5.68. The molecular weight excluding hydrogens is 258 g/mol. The average molecular weight is 271 g/mol. The number of hydrogen-bond donors (Lipinski definition) is 3. The second kappa shape index (κ2) is 4.84. The lowest BCUT2D eigenvalue weighted by atomic mass is 10.2. The first-order chi connectivity index (χ1) is 8.90. The molecule has 2 atom stereocenters. The van der Waals surface area contributed by atoms with Crippen molar-refractivity contribution in [3.05, 3.63) is 0 Å². The fourth-order valence-corrected chi connectivity index (χ4v) is 2.16. The number of carboxylic acids is 1. The highest BCUT2D eigenvalue weighted by molar-refractivity contribution is 6.04. The summed E-state index contributed by atoms with van der Waals surface area (Å²) < 4.78 is 0. The molecule has 0 saturated carbocycles. The van der Waals surface area contributed by atoms with Crippen LogP contribution in [0.3, 0.4) is 0 Å². The molecule has 0 radical (unpaired) electrons. The summed E-state index contributed by atoms with van der Waals surface area (Å²) in [5.74, 6) is -2.43. The summed E-state index contributed by atoms with van der Waals surface area (Å²) in [7, 11) is 0. The number of aliphatic carboxylic acids is 1. The van der Waals surface area contributed by atoms with Gasteiger partial charge in [-0.2, -0.15) is 0 Å². The topological polar surface area (TPSA) is 127 Å². The van der Waals surface area contributed by atoms with Crippen LogP contribution in [-0.2, 0) is 14.4 Å². The number of β-amino-alcohol motifs (C(OH)–C–C–N with tert-alkyl or cyclic N) is 1. The Hall–Kier alpha value is -2.16. The number of likely N-dealkylation sites (tertiary alicyclic amines) is 1. The molecule has 104 valence electrons. The Morgan fingerprint density at radius 3 is 2.58 bits per heavy atom. The van der Waals surface area contributed by atoms with E-state index in [2.05, 4.69) is 5.32 Å². The van der Waals surface area contributed by atoms with Crippen molar-refractivity contribution in [2.75, 3.05) is 19.6 Å². The largest absolute Gasteiger partial charge is 0.480 e. The number of imide groups is 1. The second-order valence-corrected chi connectivity index (χ2v) is 4.43. The van der Waals surface area contributed by atoms with Crippen molar-refractivity contribution in [2.45, 2.75) is 18.6 Å². The van der Waals surface area contributed by atoms with E-state index in [4.69, 9.17) is 5.11 Å². The summed E-state index contributed by atoms with van der Waals surface area (Å²) in [5.41, 5.74) is 0. The molecule has 0 aromatic rings. The third-order valence-electron chi connectivity index (χ3n) is 3.11. The molecule has 2 rings (SSSR count). The highest BCUT2D eigenvalue weighted by atomic mass is 16.4. The Balaban J connectivity index is 2.05. The van der Waals surface area contributed by atoms with Crippen LogP contribution < -0.4 is 5.32 Å². The smallest absolute Gasteiger partial charge is 0.326 e. The van der Waals surface area contributed by atoms with Crippen LogP contribution in [0.15, 0.2) is 0 Å². The first-order valence-electron chi connectivity index (χ1n) is 5.68. The summed E-state index contributed by atoms with van der Waals surface area (Å²) in [6, 6.07) is -1.80. The van der Waals surface area contributed by atoms with Gasteiger partial charge in [-0.3, -0.25) is 14.5 Å². The molecule has 0 bridgehead atoms. The number of aliphatic hydroxyl groups is 1. The number of urea groups is 1. The van der Waals surface area contributed by atoms with Gasteiger partial charge in [-0.1, -0.05) is 0 Å². The van der Waals surface area contributed by atoms with Gasteiger partial charge in [0.2, 0.25) is 5.91 Å². The molecule has 0 aromatic carbocycles. The molecule has 9 heteroatoms. The SMILES string of the molecule is O=C(O)[C@@H]1C[C@H](O)CN1C(=O)CN1C(=O)CNC1=O. The Bertz CT molecular complexity index is 435. The van der Waals surface area contributed by atoms with Gasteiger partial charge in [0.1, 0.15) is 12.6 Å². The summed E-state index contributed by atoms with van der Waals surface area (Å²) in [5, 5.41) is 20.6. The lowest BCUT2D eigenvalue weighted by molar-refractivity contribution is -0.148. The van der Waals surface area contributed by atoms with E-state index in [1.54, 1.807) is 0 Å². The van der Waals surface area contributed by atoms with Crippen LogP contribution in [0.2, 0.25) is 0 Å². The minimum atomic E-state index is -1.22. The van der Waals surface area contributed by atoms with Crippen LogP contribution in [0.4, 0.5) is 4.79 Å². The molecule has 4 amide bonds. The Labute approximate surface area is 107 Å². The molecule has 2 heterocycles. The summed E-state index contributed by atoms with van der Waals surface area (Å²) in [6.45, 7) is -0.794. The molecule has 2 fully saturated rings. The fraction of sp³-hybridized carbons (Fsp3) is 0.600. The van der Waals surface area contributed by atoms with Gasteiger partial charge in [0.15, 0.2) is 0 Å². The van der Waals surface area contributed by atoms with Gasteiger partial charge in [0, 0.05) is 13.0 Å². The van der Waals surface area contributed by atoms with Crippen molar-refractivity contribution in [3.8, 4) is 0 Å². The fourth-order valence-electron chi connectivity index (χ4n) is 2.16. The number of carbonyl (C=O) groups is 4. The molecule has 0 aromatic heterocycles. The van der Waals surface area contributed by atoms with E-state index >= 15 is 0 Å². The van der Waals surface area contributed by atoms with Crippen molar-refractivity contribution >= 4 is 23.8 Å². The number of nitrogens with zero attached hydrogens (tertiary/aromatic N) is 2. The number of carbonyl (C=O) groups excluding carboxylic acids is 3. The van der Waals surface area contributed by atoms with Crippen LogP contribution in [0, 0.1) is 0 Å². The van der Waals surface area contributed by atoms with Crippen molar-refractivity contribution in [3.63, 3.8) is 0 Å². The van der Waals surface area contributed by atoms with Crippen molar-refractivity contribution in [1.29, 1.82) is 0 Å². The number of carboxylic acid groups (broad SMARTS) is 1. The lowest BCUT2D eigenvalue weighted by Crippen LogP contribution is -2.47. The normalized spacial score (nSPS) is 26.8. The van der Waals surface area contributed by atoms with E-state index in [9.17, 15) is 24.3 Å². The van der Waals surface area contributed by atoms with E-state index in [0.29, 0.717) is 0 Å². The number of aliphatic hydroxyl groups excluding tert-OH is 1. The molecule has 2 aliphatic heterocycles. The van der Waals surface area contributed by atoms with Gasteiger partial charge in [0.25, 0.3) is 5.91 Å². The molecule has 2 aliphatic rings. The predicted octanol–water partition coefficient (Wildman–Crippen LogP) is -2.42. The van der Waals surface area contributed by atoms with E-state index in [-0.39, 0.29) is 19.5 Å². The van der Waals surface area contributed by atoms with E-state index < -0.39 is 42.5 Å².